The number of rotatable bonds is 6. The maximum Gasteiger partial charge on any atom is 0.416 e. The molecule has 0 bridgehead atoms. The molecule has 32 heavy (non-hydrogen) atoms. The summed E-state index contributed by atoms with van der Waals surface area (Å²) in [5.74, 6) is -0.724. The number of carbonyl (C=O) groups is 1. The summed E-state index contributed by atoms with van der Waals surface area (Å²) in [6.07, 6.45) is -3.20. The van der Waals surface area contributed by atoms with Crippen molar-refractivity contribution in [3.8, 4) is 0 Å². The molecule has 1 amide bonds. The van der Waals surface area contributed by atoms with E-state index in [4.69, 9.17) is 0 Å². The molecule has 0 saturated heterocycles. The minimum absolute atomic E-state index is 0.0896. The Labute approximate surface area is 187 Å². The van der Waals surface area contributed by atoms with Gasteiger partial charge in [0.05, 0.1) is 11.2 Å². The highest BCUT2D eigenvalue weighted by atomic mass is 19.4. The summed E-state index contributed by atoms with van der Waals surface area (Å²) in [6, 6.07) is 4.96. The topological polar surface area (TPSA) is 59.5 Å². The van der Waals surface area contributed by atoms with Gasteiger partial charge >= 0.3 is 6.18 Å². The first-order valence-electron chi connectivity index (χ1n) is 10.8. The van der Waals surface area contributed by atoms with Crippen molar-refractivity contribution in [2.45, 2.75) is 84.5 Å². The number of aliphatic hydroxyl groups is 1. The lowest BCUT2D eigenvalue weighted by molar-refractivity contribution is -0.137. The van der Waals surface area contributed by atoms with Crippen LogP contribution in [-0.4, -0.2) is 26.0 Å². The molecule has 1 aromatic heterocycles. The van der Waals surface area contributed by atoms with Crippen LogP contribution in [0.15, 0.2) is 29.3 Å². The summed E-state index contributed by atoms with van der Waals surface area (Å²) in [5, 5.41) is 10.0. The Morgan fingerprint density at radius 3 is 2.22 bits per heavy atom. The molecular weight excluding hydrogens is 419 g/mol. The highest BCUT2D eigenvalue weighted by Gasteiger charge is 2.32. The van der Waals surface area contributed by atoms with Crippen molar-refractivity contribution in [1.82, 2.24) is 9.36 Å². The second-order valence-electron chi connectivity index (χ2n) is 9.88. The van der Waals surface area contributed by atoms with Crippen LogP contribution < -0.4 is 5.49 Å². The molecule has 0 spiro atoms. The first-order chi connectivity index (χ1) is 14.5. The number of aromatic nitrogens is 2. The number of nitrogens with zero attached hydrogens (tertiary/aromatic N) is 3. The second-order valence-corrected chi connectivity index (χ2v) is 9.88. The lowest BCUT2D eigenvalue weighted by Crippen LogP contribution is -2.25. The highest BCUT2D eigenvalue weighted by molar-refractivity contribution is 5.96. The van der Waals surface area contributed by atoms with Gasteiger partial charge in [0.25, 0.3) is 5.91 Å². The third kappa shape index (κ3) is 6.34. The van der Waals surface area contributed by atoms with Gasteiger partial charge in [-0.25, -0.2) is 0 Å². The van der Waals surface area contributed by atoms with Crippen LogP contribution in [0.5, 0.6) is 0 Å². The van der Waals surface area contributed by atoms with Crippen LogP contribution in [0.4, 0.5) is 13.2 Å². The van der Waals surface area contributed by atoms with Crippen molar-refractivity contribution >= 4 is 5.91 Å². The predicted molar refractivity (Wildman–Crippen MR) is 118 cm³/mol. The summed E-state index contributed by atoms with van der Waals surface area (Å²) in [4.78, 5) is 17.4. The lowest BCUT2D eigenvalue weighted by atomic mass is 9.92. The van der Waals surface area contributed by atoms with Crippen LogP contribution in [0, 0.1) is 0 Å². The monoisotopic (exact) mass is 453 g/mol. The van der Waals surface area contributed by atoms with Crippen molar-refractivity contribution < 1.29 is 23.1 Å². The second kappa shape index (κ2) is 9.25. The van der Waals surface area contributed by atoms with Gasteiger partial charge in [-0.15, -0.1) is 0 Å². The molecule has 1 heterocycles. The number of amides is 1. The minimum Gasteiger partial charge on any atom is -0.390 e. The standard InChI is InChI=1S/C24H34F3N3O2/c1-8-13-30-20(15-19(29(30)7)22(2,3)4)28-21(31)18-14-17(24(25,26)27)10-9-16(18)11-12-23(5,6)32/h9-10,14-15,32H,8,11-13H2,1-7H3. The van der Waals surface area contributed by atoms with E-state index in [1.807, 2.05) is 50.2 Å². The summed E-state index contributed by atoms with van der Waals surface area (Å²) < 4.78 is 43.8. The average Bonchev–Trinajstić information content (AvgIpc) is 2.95. The van der Waals surface area contributed by atoms with Crippen molar-refractivity contribution in [2.24, 2.45) is 12.0 Å². The molecule has 1 N–H and O–H groups in total. The summed E-state index contributed by atoms with van der Waals surface area (Å²) in [5.41, 5.74) is -0.386. The molecular formula is C24H34F3N3O2. The molecule has 1 aromatic carbocycles. The normalized spacial score (nSPS) is 13.7. The number of hydrogen-bond acceptors (Lipinski definition) is 2. The van der Waals surface area contributed by atoms with Crippen LogP contribution in [0.1, 0.15) is 81.6 Å². The zero-order valence-corrected chi connectivity index (χ0v) is 20.0. The van der Waals surface area contributed by atoms with Crippen LogP contribution >= 0.6 is 0 Å². The molecule has 2 rings (SSSR count). The van der Waals surface area contributed by atoms with Crippen molar-refractivity contribution in [3.05, 3.63) is 52.1 Å². The van der Waals surface area contributed by atoms with Crippen LogP contribution in [0.2, 0.25) is 0 Å². The Hall–Kier alpha value is -2.35. The molecule has 0 fully saturated rings. The SMILES string of the molecule is CCCn1c(=NC(=O)c2cc(C(F)(F)F)ccc2CCC(C)(C)O)cc(C(C)(C)C)n1C. The third-order valence-electron chi connectivity index (χ3n) is 5.33. The summed E-state index contributed by atoms with van der Waals surface area (Å²) in [7, 11) is 1.89. The van der Waals surface area contributed by atoms with E-state index in [2.05, 4.69) is 4.99 Å². The van der Waals surface area contributed by atoms with Gasteiger partial charge in [0, 0.05) is 36.3 Å². The Balaban J connectivity index is 2.64. The van der Waals surface area contributed by atoms with E-state index < -0.39 is 23.2 Å². The molecule has 0 aliphatic rings. The summed E-state index contributed by atoms with van der Waals surface area (Å²) in [6.45, 7) is 12.0. The smallest absolute Gasteiger partial charge is 0.390 e. The fourth-order valence-corrected chi connectivity index (χ4v) is 3.62. The molecule has 178 valence electrons. The van der Waals surface area contributed by atoms with Gasteiger partial charge < -0.3 is 5.11 Å². The number of hydrogen-bond donors (Lipinski definition) is 1. The zero-order chi connectivity index (χ0) is 24.5. The molecule has 2 aromatic rings. The average molecular weight is 454 g/mol. The third-order valence-corrected chi connectivity index (χ3v) is 5.33. The Bertz CT molecular complexity index is 1030. The molecule has 8 heteroatoms. The number of alkyl halides is 3. The van der Waals surface area contributed by atoms with E-state index in [1.165, 1.54) is 6.07 Å². The van der Waals surface area contributed by atoms with Crippen molar-refractivity contribution in [2.75, 3.05) is 0 Å². The first kappa shape index (κ1) is 25.9. The molecule has 5 nitrogen and oxygen atoms in total. The highest BCUT2D eigenvalue weighted by Crippen LogP contribution is 2.31. The molecule has 0 unspecified atom stereocenters. The van der Waals surface area contributed by atoms with Crippen molar-refractivity contribution in [1.29, 1.82) is 0 Å². The number of aryl methyl sites for hydroxylation is 1. The maximum absolute atomic E-state index is 13.3. The molecule has 0 radical (unpaired) electrons. The lowest BCUT2D eigenvalue weighted by Gasteiger charge is -2.20. The van der Waals surface area contributed by atoms with E-state index >= 15 is 0 Å². The minimum atomic E-state index is -4.57. The number of benzene rings is 1. The first-order valence-corrected chi connectivity index (χ1v) is 10.8. The van der Waals surface area contributed by atoms with E-state index in [0.29, 0.717) is 24.0 Å². The van der Waals surface area contributed by atoms with Gasteiger partial charge in [-0.1, -0.05) is 33.8 Å². The van der Waals surface area contributed by atoms with Gasteiger partial charge in [-0.3, -0.25) is 14.2 Å². The van der Waals surface area contributed by atoms with Crippen LogP contribution in [0.25, 0.3) is 0 Å². The Morgan fingerprint density at radius 1 is 1.09 bits per heavy atom. The molecule has 0 aliphatic heterocycles. The zero-order valence-electron chi connectivity index (χ0n) is 20.0. The van der Waals surface area contributed by atoms with Crippen LogP contribution in [0.3, 0.4) is 0 Å². The maximum atomic E-state index is 13.3. The van der Waals surface area contributed by atoms with Gasteiger partial charge in [0.1, 0.15) is 0 Å². The van der Waals surface area contributed by atoms with E-state index in [0.717, 1.165) is 24.2 Å². The predicted octanol–water partition coefficient (Wildman–Crippen LogP) is 5.00. The van der Waals surface area contributed by atoms with E-state index in [-0.39, 0.29) is 17.4 Å². The van der Waals surface area contributed by atoms with Crippen molar-refractivity contribution in [3.63, 3.8) is 0 Å². The van der Waals surface area contributed by atoms with Gasteiger partial charge in [-0.05, 0) is 50.8 Å². The molecule has 0 atom stereocenters. The van der Waals surface area contributed by atoms with E-state index in [9.17, 15) is 23.1 Å². The summed E-state index contributed by atoms with van der Waals surface area (Å²) >= 11 is 0. The molecule has 0 aliphatic carbocycles. The van der Waals surface area contributed by atoms with Gasteiger partial charge in [0.2, 0.25) is 0 Å². The van der Waals surface area contributed by atoms with Gasteiger partial charge in [-0.2, -0.15) is 18.2 Å². The number of carbonyl (C=O) groups excluding carboxylic acids is 1. The Morgan fingerprint density at radius 2 is 1.72 bits per heavy atom. The largest absolute Gasteiger partial charge is 0.416 e. The van der Waals surface area contributed by atoms with Crippen LogP contribution in [-0.2, 0) is 31.6 Å². The van der Waals surface area contributed by atoms with E-state index in [1.54, 1.807) is 13.8 Å². The number of halogens is 3. The Kier molecular flexibility index (Phi) is 7.49. The fraction of sp³-hybridized carbons (Fsp3) is 0.583. The quantitative estimate of drug-likeness (QED) is 0.669. The van der Waals surface area contributed by atoms with Gasteiger partial charge in [0.15, 0.2) is 5.49 Å². The molecule has 0 saturated carbocycles. The fourth-order valence-electron chi connectivity index (χ4n) is 3.62.